The Hall–Kier alpha value is -1.88. The Bertz CT molecular complexity index is 798. The summed E-state index contributed by atoms with van der Waals surface area (Å²) >= 11 is 0. The van der Waals surface area contributed by atoms with Crippen LogP contribution in [0.15, 0.2) is 48.3 Å². The highest BCUT2D eigenvalue weighted by atomic mass is 19.1. The summed E-state index contributed by atoms with van der Waals surface area (Å²) in [4.78, 5) is 0. The van der Waals surface area contributed by atoms with Crippen molar-refractivity contribution in [1.82, 2.24) is 0 Å². The molecule has 0 bridgehead atoms. The van der Waals surface area contributed by atoms with Gasteiger partial charge < -0.3 is 0 Å². The Morgan fingerprint density at radius 2 is 1.56 bits per heavy atom. The maximum absolute atomic E-state index is 13.0. The van der Waals surface area contributed by atoms with E-state index in [0.717, 1.165) is 12.3 Å². The van der Waals surface area contributed by atoms with Crippen molar-refractivity contribution in [2.24, 2.45) is 17.8 Å². The molecule has 34 heavy (non-hydrogen) atoms. The van der Waals surface area contributed by atoms with E-state index in [9.17, 15) is 4.39 Å². The zero-order valence-corrected chi connectivity index (χ0v) is 21.5. The number of nitrogens with zero attached hydrogens (tertiary/aromatic N) is 1. The highest BCUT2D eigenvalue weighted by Gasteiger charge is 2.29. The maximum atomic E-state index is 13.0. The van der Waals surface area contributed by atoms with Crippen molar-refractivity contribution in [3.63, 3.8) is 0 Å². The van der Waals surface area contributed by atoms with Crippen LogP contribution in [0.3, 0.4) is 0 Å². The standard InChI is InChI=1S/C32H46FN/c1-3-4-5-6-7-9-26-14-18-30(19-15-26)31-22-20-29(21-23-31)25(2)28-16-12-27(13-17-28)10-8-11-32(33)24-34/h11,14-15,18-19,27-29,31H,2-10,12-13,16-17,20-23H2,1H3/b32-11-/t27-,28-,29-,31-. The van der Waals surface area contributed by atoms with Crippen LogP contribution in [0, 0.1) is 29.1 Å². The van der Waals surface area contributed by atoms with Crippen LogP contribution in [0.5, 0.6) is 0 Å². The highest BCUT2D eigenvalue weighted by Crippen LogP contribution is 2.44. The topological polar surface area (TPSA) is 23.8 Å². The highest BCUT2D eigenvalue weighted by molar-refractivity contribution is 5.26. The molecule has 0 heterocycles. The Balaban J connectivity index is 1.36. The molecule has 2 aliphatic rings. The molecule has 0 amide bonds. The van der Waals surface area contributed by atoms with E-state index in [0.29, 0.717) is 24.2 Å². The first kappa shape index (κ1) is 26.7. The predicted molar refractivity (Wildman–Crippen MR) is 142 cm³/mol. The molecule has 0 aliphatic heterocycles. The summed E-state index contributed by atoms with van der Waals surface area (Å²) in [5.41, 5.74) is 4.57. The van der Waals surface area contributed by atoms with E-state index in [-0.39, 0.29) is 0 Å². The van der Waals surface area contributed by atoms with Crippen molar-refractivity contribution in [3.05, 3.63) is 59.4 Å². The van der Waals surface area contributed by atoms with Gasteiger partial charge >= 0.3 is 0 Å². The van der Waals surface area contributed by atoms with Crippen LogP contribution in [0.1, 0.15) is 120 Å². The lowest BCUT2D eigenvalue weighted by Gasteiger charge is -2.36. The summed E-state index contributed by atoms with van der Waals surface area (Å²) in [6.45, 7) is 6.86. The smallest absolute Gasteiger partial charge is 0.195 e. The first-order valence-corrected chi connectivity index (χ1v) is 14.1. The Morgan fingerprint density at radius 1 is 0.941 bits per heavy atom. The fourth-order valence-electron chi connectivity index (χ4n) is 6.33. The summed E-state index contributed by atoms with van der Waals surface area (Å²) in [6, 6.07) is 11.1. The van der Waals surface area contributed by atoms with E-state index in [4.69, 9.17) is 5.26 Å². The van der Waals surface area contributed by atoms with Crippen LogP contribution < -0.4 is 0 Å². The monoisotopic (exact) mass is 463 g/mol. The van der Waals surface area contributed by atoms with Crippen LogP contribution in [0.4, 0.5) is 4.39 Å². The maximum Gasteiger partial charge on any atom is 0.196 e. The van der Waals surface area contributed by atoms with Gasteiger partial charge in [0.15, 0.2) is 5.83 Å². The van der Waals surface area contributed by atoms with Crippen molar-refractivity contribution < 1.29 is 4.39 Å². The molecule has 1 nitrogen and oxygen atoms in total. The first-order chi connectivity index (χ1) is 16.6. The van der Waals surface area contributed by atoms with Gasteiger partial charge in [0.2, 0.25) is 0 Å². The van der Waals surface area contributed by atoms with Gasteiger partial charge in [-0.1, -0.05) is 69.0 Å². The SMILES string of the molecule is C=C([C@H]1CC[C@H](CC/C=C(\F)C#N)CC1)[C@H]1CC[C@H](c2ccc(CCCCCCC)cc2)CC1. The third kappa shape index (κ3) is 8.41. The quantitative estimate of drug-likeness (QED) is 0.172. The number of aryl methyl sites for hydroxylation is 1. The summed E-state index contributed by atoms with van der Waals surface area (Å²) < 4.78 is 13.0. The van der Waals surface area contributed by atoms with Gasteiger partial charge in [-0.05, 0) is 118 Å². The molecule has 0 saturated heterocycles. The van der Waals surface area contributed by atoms with Crippen LogP contribution in [0.25, 0.3) is 0 Å². The molecule has 2 heteroatoms. The molecule has 186 valence electrons. The fourth-order valence-corrected chi connectivity index (χ4v) is 6.33. The average molecular weight is 464 g/mol. The summed E-state index contributed by atoms with van der Waals surface area (Å²) in [5.74, 6) is 2.15. The number of halogens is 1. The molecule has 0 radical (unpaired) electrons. The molecule has 1 aromatic carbocycles. The fraction of sp³-hybridized carbons (Fsp3) is 0.656. The van der Waals surface area contributed by atoms with Crippen LogP contribution >= 0.6 is 0 Å². The molecule has 3 rings (SSSR count). The lowest BCUT2D eigenvalue weighted by molar-refractivity contribution is 0.260. The number of hydrogen-bond donors (Lipinski definition) is 0. The molecule has 0 unspecified atom stereocenters. The van der Waals surface area contributed by atoms with Gasteiger partial charge in [0.05, 0.1) is 0 Å². The third-order valence-corrected chi connectivity index (χ3v) is 8.65. The van der Waals surface area contributed by atoms with Crippen LogP contribution in [0.2, 0.25) is 0 Å². The van der Waals surface area contributed by atoms with Crippen molar-refractivity contribution in [1.29, 1.82) is 5.26 Å². The molecule has 0 aromatic heterocycles. The van der Waals surface area contributed by atoms with Gasteiger partial charge in [-0.25, -0.2) is 0 Å². The van der Waals surface area contributed by atoms with E-state index in [2.05, 4.69) is 37.8 Å². The second kappa shape index (κ2) is 14.5. The first-order valence-electron chi connectivity index (χ1n) is 14.1. The third-order valence-electron chi connectivity index (χ3n) is 8.65. The van der Waals surface area contributed by atoms with Crippen molar-refractivity contribution in [2.75, 3.05) is 0 Å². The molecular weight excluding hydrogens is 417 g/mol. The van der Waals surface area contributed by atoms with E-state index in [1.54, 1.807) is 11.6 Å². The van der Waals surface area contributed by atoms with Gasteiger partial charge in [-0.2, -0.15) is 9.65 Å². The minimum atomic E-state index is -0.633. The van der Waals surface area contributed by atoms with Gasteiger partial charge in [0, 0.05) is 0 Å². The van der Waals surface area contributed by atoms with Gasteiger partial charge in [0.25, 0.3) is 0 Å². The number of allylic oxidation sites excluding steroid dienone is 3. The second-order valence-corrected chi connectivity index (χ2v) is 11.0. The molecule has 2 saturated carbocycles. The van der Waals surface area contributed by atoms with Gasteiger partial charge in [0.1, 0.15) is 6.07 Å². The summed E-state index contributed by atoms with van der Waals surface area (Å²) in [6.07, 6.45) is 21.3. The molecular formula is C32H46FN. The number of rotatable bonds is 12. The molecule has 0 atom stereocenters. The van der Waals surface area contributed by atoms with Crippen molar-refractivity contribution in [2.45, 2.75) is 116 Å². The zero-order valence-electron chi connectivity index (χ0n) is 21.5. The number of benzene rings is 1. The Morgan fingerprint density at radius 3 is 2.18 bits per heavy atom. The normalized spacial score (nSPS) is 25.6. The number of hydrogen-bond acceptors (Lipinski definition) is 1. The zero-order chi connectivity index (χ0) is 24.2. The molecule has 2 aliphatic carbocycles. The number of nitriles is 1. The van der Waals surface area contributed by atoms with E-state index >= 15 is 0 Å². The summed E-state index contributed by atoms with van der Waals surface area (Å²) in [7, 11) is 0. The van der Waals surface area contributed by atoms with Crippen LogP contribution in [-0.4, -0.2) is 0 Å². The lowest BCUT2D eigenvalue weighted by atomic mass is 9.69. The largest absolute Gasteiger partial charge is 0.196 e. The average Bonchev–Trinajstić information content (AvgIpc) is 2.89. The molecule has 0 spiro atoms. The lowest BCUT2D eigenvalue weighted by Crippen LogP contribution is -2.22. The van der Waals surface area contributed by atoms with Gasteiger partial charge in [-0.3, -0.25) is 0 Å². The number of unbranched alkanes of at least 4 members (excludes halogenated alkanes) is 4. The van der Waals surface area contributed by atoms with Crippen LogP contribution in [-0.2, 0) is 6.42 Å². The Kier molecular flexibility index (Phi) is 11.4. The minimum absolute atomic E-state index is 0.633. The molecule has 2 fully saturated rings. The minimum Gasteiger partial charge on any atom is -0.195 e. The van der Waals surface area contributed by atoms with Crippen molar-refractivity contribution >= 4 is 0 Å². The van der Waals surface area contributed by atoms with E-state index < -0.39 is 5.83 Å². The van der Waals surface area contributed by atoms with E-state index in [1.807, 2.05) is 0 Å². The molecule has 1 aromatic rings. The summed E-state index contributed by atoms with van der Waals surface area (Å²) in [5, 5.41) is 8.53. The van der Waals surface area contributed by atoms with Crippen molar-refractivity contribution in [3.8, 4) is 6.07 Å². The van der Waals surface area contributed by atoms with E-state index in [1.165, 1.54) is 107 Å². The van der Waals surface area contributed by atoms with Gasteiger partial charge in [-0.15, -0.1) is 0 Å². The molecule has 0 N–H and O–H groups in total. The predicted octanol–water partition coefficient (Wildman–Crippen LogP) is 9.99. The second-order valence-electron chi connectivity index (χ2n) is 11.0. The Labute approximate surface area is 208 Å².